The second-order valence-electron chi connectivity index (χ2n) is 4.35. The first-order valence-electron chi connectivity index (χ1n) is 6.03. The van der Waals surface area contributed by atoms with E-state index in [2.05, 4.69) is 5.10 Å². The predicted octanol–water partition coefficient (Wildman–Crippen LogP) is 2.17. The highest BCUT2D eigenvalue weighted by Gasteiger charge is 2.27. The van der Waals surface area contributed by atoms with Crippen LogP contribution in [-0.4, -0.2) is 27.3 Å². The van der Waals surface area contributed by atoms with Crippen LogP contribution < -0.4 is 4.74 Å². The Morgan fingerprint density at radius 2 is 2.30 bits per heavy atom. The first-order chi connectivity index (χ1) is 9.67. The lowest BCUT2D eigenvalue weighted by Gasteiger charge is -1.97. The molecule has 1 aliphatic rings. The molecule has 6 heteroatoms. The number of fused-ring (bicyclic) bond motifs is 1. The molecule has 0 fully saturated rings. The number of hydrogen-bond donors (Lipinski definition) is 1. The number of allylic oxidation sites excluding steroid dienone is 1. The van der Waals surface area contributed by atoms with E-state index in [0.717, 1.165) is 0 Å². The first kappa shape index (κ1) is 12.4. The van der Waals surface area contributed by atoms with Crippen molar-refractivity contribution in [3.8, 4) is 11.5 Å². The van der Waals surface area contributed by atoms with Gasteiger partial charge in [-0.15, -0.1) is 0 Å². The van der Waals surface area contributed by atoms with Gasteiger partial charge >= 0.3 is 0 Å². The molecule has 0 spiro atoms. The lowest BCUT2D eigenvalue weighted by atomic mass is 10.1. The fourth-order valence-corrected chi connectivity index (χ4v) is 1.99. The number of halogens is 1. The van der Waals surface area contributed by atoms with Crippen molar-refractivity contribution in [2.75, 3.05) is 6.67 Å². The van der Waals surface area contributed by atoms with Crippen LogP contribution in [-0.2, 0) is 6.54 Å². The number of aryl methyl sites for hydroxylation is 1. The van der Waals surface area contributed by atoms with Crippen molar-refractivity contribution in [1.82, 2.24) is 9.78 Å². The summed E-state index contributed by atoms with van der Waals surface area (Å²) in [5.41, 5.74) is 1.06. The largest absolute Gasteiger partial charge is 0.508 e. The van der Waals surface area contributed by atoms with E-state index in [1.165, 1.54) is 29.1 Å². The topological polar surface area (TPSA) is 64.4 Å². The van der Waals surface area contributed by atoms with Crippen LogP contribution in [0.15, 0.2) is 36.4 Å². The Kier molecular flexibility index (Phi) is 2.98. The molecule has 0 saturated heterocycles. The van der Waals surface area contributed by atoms with Gasteiger partial charge in [0.15, 0.2) is 5.76 Å². The maximum Gasteiger partial charge on any atom is 0.231 e. The fraction of sp³-hybridized carbons (Fsp3) is 0.143. The van der Waals surface area contributed by atoms with Crippen molar-refractivity contribution in [3.63, 3.8) is 0 Å². The molecule has 1 aromatic heterocycles. The quantitative estimate of drug-likeness (QED) is 0.871. The summed E-state index contributed by atoms with van der Waals surface area (Å²) in [4.78, 5) is 12.1. The maximum absolute atomic E-state index is 12.2. The Labute approximate surface area is 113 Å². The summed E-state index contributed by atoms with van der Waals surface area (Å²) in [6.07, 6.45) is 4.70. The summed E-state index contributed by atoms with van der Waals surface area (Å²) in [6.45, 7) is -0.329. The molecule has 0 saturated carbocycles. The van der Waals surface area contributed by atoms with Gasteiger partial charge in [0.05, 0.1) is 18.3 Å². The van der Waals surface area contributed by atoms with Crippen LogP contribution in [0.4, 0.5) is 4.39 Å². The van der Waals surface area contributed by atoms with Gasteiger partial charge in [0.2, 0.25) is 5.78 Å². The number of ether oxygens (including phenoxy) is 1. The standard InChI is InChI=1S/C14H11FN2O3/c15-3-4-17-8-9(7-16-17)5-13-14(19)11-2-1-10(18)6-12(11)20-13/h1-2,5-8,18H,3-4H2/b13-5-. The number of phenolic OH excluding ortho intramolecular Hbond substituents is 1. The number of hydrogen-bond acceptors (Lipinski definition) is 4. The van der Waals surface area contributed by atoms with Gasteiger partial charge in [-0.25, -0.2) is 4.39 Å². The van der Waals surface area contributed by atoms with Crippen molar-refractivity contribution in [1.29, 1.82) is 0 Å². The summed E-state index contributed by atoms with van der Waals surface area (Å²) in [6, 6.07) is 4.34. The molecule has 0 unspecified atom stereocenters. The molecule has 5 nitrogen and oxygen atoms in total. The van der Waals surface area contributed by atoms with Gasteiger partial charge in [0.1, 0.15) is 18.2 Å². The van der Waals surface area contributed by atoms with Gasteiger partial charge in [-0.3, -0.25) is 9.48 Å². The highest BCUT2D eigenvalue weighted by atomic mass is 19.1. The molecule has 2 heterocycles. The smallest absolute Gasteiger partial charge is 0.231 e. The average molecular weight is 274 g/mol. The monoisotopic (exact) mass is 274 g/mol. The highest BCUT2D eigenvalue weighted by Crippen LogP contribution is 2.34. The minimum absolute atomic E-state index is 0.0357. The first-order valence-corrected chi connectivity index (χ1v) is 6.03. The molecular weight excluding hydrogens is 263 g/mol. The van der Waals surface area contributed by atoms with Crippen LogP contribution in [0.2, 0.25) is 0 Å². The van der Waals surface area contributed by atoms with E-state index in [1.54, 1.807) is 12.3 Å². The van der Waals surface area contributed by atoms with Gasteiger partial charge < -0.3 is 9.84 Å². The van der Waals surface area contributed by atoms with Gasteiger partial charge in [-0.1, -0.05) is 0 Å². The Hall–Kier alpha value is -2.63. The molecule has 1 N–H and O–H groups in total. The van der Waals surface area contributed by atoms with Gasteiger partial charge in [0, 0.05) is 17.8 Å². The Bertz CT molecular complexity index is 706. The zero-order chi connectivity index (χ0) is 14.1. The van der Waals surface area contributed by atoms with E-state index < -0.39 is 6.67 Å². The van der Waals surface area contributed by atoms with Gasteiger partial charge in [0.25, 0.3) is 0 Å². The minimum atomic E-state index is -0.502. The van der Waals surface area contributed by atoms with Crippen molar-refractivity contribution in [3.05, 3.63) is 47.5 Å². The maximum atomic E-state index is 12.2. The normalized spacial score (nSPS) is 15.4. The third-order valence-corrected chi connectivity index (χ3v) is 2.92. The molecule has 0 aliphatic carbocycles. The van der Waals surface area contributed by atoms with Crippen LogP contribution in [0, 0.1) is 0 Å². The zero-order valence-corrected chi connectivity index (χ0v) is 10.4. The molecule has 3 rings (SSSR count). The molecule has 1 aliphatic heterocycles. The predicted molar refractivity (Wildman–Crippen MR) is 69.2 cm³/mol. The van der Waals surface area contributed by atoms with Crippen LogP contribution >= 0.6 is 0 Å². The lowest BCUT2D eigenvalue weighted by molar-refractivity contribution is 0.101. The van der Waals surface area contributed by atoms with E-state index in [4.69, 9.17) is 4.74 Å². The fourth-order valence-electron chi connectivity index (χ4n) is 1.99. The number of benzene rings is 1. The van der Waals surface area contributed by atoms with Crippen molar-refractivity contribution in [2.24, 2.45) is 0 Å². The Morgan fingerprint density at radius 1 is 1.45 bits per heavy atom. The van der Waals surface area contributed by atoms with Gasteiger partial charge in [-0.05, 0) is 18.2 Å². The van der Waals surface area contributed by atoms with E-state index in [9.17, 15) is 14.3 Å². The number of alkyl halides is 1. The van der Waals surface area contributed by atoms with E-state index >= 15 is 0 Å². The summed E-state index contributed by atoms with van der Waals surface area (Å²) in [7, 11) is 0. The third-order valence-electron chi connectivity index (χ3n) is 2.92. The number of aromatic hydroxyl groups is 1. The number of phenols is 1. The lowest BCUT2D eigenvalue weighted by Crippen LogP contribution is -1.99. The van der Waals surface area contributed by atoms with Crippen LogP contribution in [0.25, 0.3) is 6.08 Å². The molecule has 0 amide bonds. The molecule has 2 aromatic rings. The Balaban J connectivity index is 1.88. The summed E-state index contributed by atoms with van der Waals surface area (Å²) < 4.78 is 19.1. The van der Waals surface area contributed by atoms with Crippen LogP contribution in [0.3, 0.4) is 0 Å². The Morgan fingerprint density at radius 3 is 3.10 bits per heavy atom. The average Bonchev–Trinajstić information content (AvgIpc) is 2.96. The molecule has 1 aromatic carbocycles. The number of ketones is 1. The number of rotatable bonds is 3. The van der Waals surface area contributed by atoms with E-state index in [0.29, 0.717) is 16.9 Å². The second kappa shape index (κ2) is 4.80. The summed E-state index contributed by atoms with van der Waals surface area (Å²) >= 11 is 0. The third kappa shape index (κ3) is 2.16. The second-order valence-corrected chi connectivity index (χ2v) is 4.35. The molecule has 20 heavy (non-hydrogen) atoms. The summed E-state index contributed by atoms with van der Waals surface area (Å²) in [5, 5.41) is 13.3. The number of nitrogens with zero attached hydrogens (tertiary/aromatic N) is 2. The van der Waals surface area contributed by atoms with Crippen LogP contribution in [0.1, 0.15) is 15.9 Å². The SMILES string of the molecule is O=C1/C(=C/c2cnn(CCF)c2)Oc2cc(O)ccc21. The summed E-state index contributed by atoms with van der Waals surface area (Å²) in [5.74, 6) is 0.273. The van der Waals surface area contributed by atoms with Crippen molar-refractivity contribution < 1.29 is 19.0 Å². The minimum Gasteiger partial charge on any atom is -0.508 e. The highest BCUT2D eigenvalue weighted by molar-refractivity contribution is 6.14. The van der Waals surface area contributed by atoms with E-state index in [-0.39, 0.29) is 23.8 Å². The molecule has 0 radical (unpaired) electrons. The van der Waals surface area contributed by atoms with Crippen molar-refractivity contribution >= 4 is 11.9 Å². The molecule has 0 atom stereocenters. The zero-order valence-electron chi connectivity index (χ0n) is 10.4. The number of aromatic nitrogens is 2. The van der Waals surface area contributed by atoms with Gasteiger partial charge in [-0.2, -0.15) is 5.10 Å². The van der Waals surface area contributed by atoms with Crippen molar-refractivity contribution in [2.45, 2.75) is 6.54 Å². The molecular formula is C14H11FN2O3. The van der Waals surface area contributed by atoms with E-state index in [1.807, 2.05) is 0 Å². The number of Topliss-reactive ketones (excluding diaryl/α,β-unsaturated/α-hetero) is 1. The number of carbonyl (C=O) groups is 1. The number of carbonyl (C=O) groups excluding carboxylic acids is 1. The molecule has 0 bridgehead atoms. The molecule has 102 valence electrons. The van der Waals surface area contributed by atoms with Crippen LogP contribution in [0.5, 0.6) is 11.5 Å².